The molecule has 0 aromatic heterocycles. The van der Waals surface area contributed by atoms with Crippen molar-refractivity contribution in [1.29, 1.82) is 0 Å². The third kappa shape index (κ3) is 7.69. The van der Waals surface area contributed by atoms with Gasteiger partial charge in [-0.1, -0.05) is 48.0 Å². The molecule has 0 unspecified atom stereocenters. The zero-order chi connectivity index (χ0) is 27.2. The Morgan fingerprint density at radius 3 is 2.43 bits per heavy atom. The van der Waals surface area contributed by atoms with E-state index in [1.165, 1.54) is 11.8 Å². The summed E-state index contributed by atoms with van der Waals surface area (Å²) < 4.78 is 5.26. The predicted octanol–water partition coefficient (Wildman–Crippen LogP) is 3.92. The number of nitrogens with one attached hydrogen (secondary N) is 2. The van der Waals surface area contributed by atoms with Gasteiger partial charge < -0.3 is 25.4 Å². The van der Waals surface area contributed by atoms with E-state index in [9.17, 15) is 19.5 Å². The monoisotopic (exact) mass is 529 g/mol. The van der Waals surface area contributed by atoms with Crippen LogP contribution in [0.4, 0.5) is 4.79 Å². The molecule has 0 spiro atoms. The molecule has 2 atom stereocenters. The Morgan fingerprint density at radius 2 is 1.76 bits per heavy atom. The maximum Gasteiger partial charge on any atom is 0.407 e. The van der Waals surface area contributed by atoms with Crippen molar-refractivity contribution in [3.63, 3.8) is 0 Å². The maximum absolute atomic E-state index is 13.2. The van der Waals surface area contributed by atoms with Crippen molar-refractivity contribution < 1.29 is 24.2 Å². The minimum absolute atomic E-state index is 0.217. The van der Waals surface area contributed by atoms with E-state index in [1.54, 1.807) is 57.2 Å². The Labute approximate surface area is 223 Å². The summed E-state index contributed by atoms with van der Waals surface area (Å²) in [6, 6.07) is 13.5. The Kier molecular flexibility index (Phi) is 9.21. The van der Waals surface area contributed by atoms with E-state index in [1.807, 2.05) is 12.1 Å². The SMILES string of the molecule is CC(C)(C)OC(=O)NCCc1ccc(Cl)cc1CNC(=O)[C@@H]1CCCN1C(=O)[C@](C)(O)c1ccccc1. The normalized spacial score (nSPS) is 17.1. The topological polar surface area (TPSA) is 108 Å². The van der Waals surface area contributed by atoms with Crippen molar-refractivity contribution >= 4 is 29.5 Å². The molecule has 0 radical (unpaired) electrons. The lowest BCUT2D eigenvalue weighted by Crippen LogP contribution is -2.52. The fourth-order valence-corrected chi connectivity index (χ4v) is 4.56. The first-order valence-electron chi connectivity index (χ1n) is 12.5. The largest absolute Gasteiger partial charge is 0.444 e. The molecule has 0 saturated carbocycles. The van der Waals surface area contributed by atoms with Crippen molar-refractivity contribution in [2.45, 2.75) is 70.7 Å². The van der Waals surface area contributed by atoms with Crippen LogP contribution in [0.2, 0.25) is 5.02 Å². The molecule has 1 aliphatic rings. The van der Waals surface area contributed by atoms with Gasteiger partial charge in [-0.25, -0.2) is 4.79 Å². The first-order valence-corrected chi connectivity index (χ1v) is 12.9. The van der Waals surface area contributed by atoms with E-state index in [2.05, 4.69) is 10.6 Å². The Balaban J connectivity index is 1.62. The Morgan fingerprint density at radius 1 is 1.05 bits per heavy atom. The number of hydrogen-bond donors (Lipinski definition) is 3. The number of ether oxygens (including phenoxy) is 1. The standard InChI is InChI=1S/C28H36ClN3O5/c1-27(2,3)37-26(35)30-15-14-19-12-13-22(29)17-20(19)18-31-24(33)23-11-8-16-32(23)25(34)28(4,36)21-9-6-5-7-10-21/h5-7,9-10,12-13,17,23,36H,8,11,14-16,18H2,1-4H3,(H,30,35)(H,31,33)/t23-,28+/m0/s1. The van der Waals surface area contributed by atoms with Crippen molar-refractivity contribution in [1.82, 2.24) is 15.5 Å². The van der Waals surface area contributed by atoms with Crippen LogP contribution in [0.5, 0.6) is 0 Å². The number of aliphatic hydroxyl groups is 1. The second kappa shape index (κ2) is 12.0. The first kappa shape index (κ1) is 28.5. The van der Waals surface area contributed by atoms with Gasteiger partial charge in [0.1, 0.15) is 11.6 Å². The van der Waals surface area contributed by atoms with Gasteiger partial charge in [0.15, 0.2) is 5.60 Å². The molecule has 3 N–H and O–H groups in total. The smallest absolute Gasteiger partial charge is 0.407 e. The van der Waals surface area contributed by atoms with Crippen LogP contribution < -0.4 is 10.6 Å². The fourth-order valence-electron chi connectivity index (χ4n) is 4.36. The third-order valence-corrected chi connectivity index (χ3v) is 6.49. The lowest BCUT2D eigenvalue weighted by molar-refractivity contribution is -0.154. The highest BCUT2D eigenvalue weighted by molar-refractivity contribution is 6.30. The van der Waals surface area contributed by atoms with Gasteiger partial charge in [0.2, 0.25) is 5.91 Å². The summed E-state index contributed by atoms with van der Waals surface area (Å²) in [6.07, 6.45) is 1.22. The molecule has 1 heterocycles. The van der Waals surface area contributed by atoms with E-state index >= 15 is 0 Å². The summed E-state index contributed by atoms with van der Waals surface area (Å²) in [5.74, 6) is -0.777. The van der Waals surface area contributed by atoms with Crippen molar-refractivity contribution in [3.05, 3.63) is 70.2 Å². The number of nitrogens with zero attached hydrogens (tertiary/aromatic N) is 1. The number of benzene rings is 2. The van der Waals surface area contributed by atoms with E-state index in [-0.39, 0.29) is 12.5 Å². The Hall–Kier alpha value is -3.10. The van der Waals surface area contributed by atoms with Crippen LogP contribution in [-0.4, -0.2) is 52.6 Å². The molecular weight excluding hydrogens is 494 g/mol. The molecule has 3 rings (SSSR count). The number of halogens is 1. The lowest BCUT2D eigenvalue weighted by Gasteiger charge is -2.32. The molecule has 2 aromatic rings. The molecule has 9 heteroatoms. The molecule has 0 bridgehead atoms. The molecule has 1 saturated heterocycles. The number of hydrogen-bond acceptors (Lipinski definition) is 5. The van der Waals surface area contributed by atoms with Gasteiger partial charge in [-0.3, -0.25) is 9.59 Å². The maximum atomic E-state index is 13.2. The average molecular weight is 530 g/mol. The van der Waals surface area contributed by atoms with E-state index in [0.717, 1.165) is 11.1 Å². The summed E-state index contributed by atoms with van der Waals surface area (Å²) in [5.41, 5.74) is -0.0874. The van der Waals surface area contributed by atoms with Gasteiger partial charge in [0.05, 0.1) is 0 Å². The quantitative estimate of drug-likeness (QED) is 0.480. The first-order chi connectivity index (χ1) is 17.4. The summed E-state index contributed by atoms with van der Waals surface area (Å²) in [6.45, 7) is 7.84. The molecule has 200 valence electrons. The van der Waals surface area contributed by atoms with Gasteiger partial charge >= 0.3 is 6.09 Å². The number of carbonyl (C=O) groups is 3. The summed E-state index contributed by atoms with van der Waals surface area (Å²) in [5, 5.41) is 17.2. The van der Waals surface area contributed by atoms with Gasteiger partial charge in [0, 0.05) is 24.7 Å². The summed E-state index contributed by atoms with van der Waals surface area (Å²) >= 11 is 6.21. The lowest BCUT2D eigenvalue weighted by atomic mass is 9.94. The highest BCUT2D eigenvalue weighted by Crippen LogP contribution is 2.28. The predicted molar refractivity (Wildman–Crippen MR) is 142 cm³/mol. The number of amides is 3. The fraction of sp³-hybridized carbons (Fsp3) is 0.464. The van der Waals surface area contributed by atoms with Gasteiger partial charge in [-0.05, 0) is 75.8 Å². The molecule has 3 amide bonds. The van der Waals surface area contributed by atoms with Crippen molar-refractivity contribution in [3.8, 4) is 0 Å². The van der Waals surface area contributed by atoms with Crippen LogP contribution in [0.25, 0.3) is 0 Å². The molecule has 37 heavy (non-hydrogen) atoms. The van der Waals surface area contributed by atoms with Crippen LogP contribution in [-0.2, 0) is 32.9 Å². The highest BCUT2D eigenvalue weighted by Gasteiger charge is 2.42. The molecule has 2 aromatic carbocycles. The minimum atomic E-state index is -1.73. The zero-order valence-corrected chi connectivity index (χ0v) is 22.6. The van der Waals surface area contributed by atoms with Crippen LogP contribution in [0.3, 0.4) is 0 Å². The molecule has 0 aliphatic carbocycles. The zero-order valence-electron chi connectivity index (χ0n) is 21.8. The van der Waals surface area contributed by atoms with Gasteiger partial charge in [-0.2, -0.15) is 0 Å². The van der Waals surface area contributed by atoms with Gasteiger partial charge in [0.25, 0.3) is 5.91 Å². The summed E-state index contributed by atoms with van der Waals surface area (Å²) in [7, 11) is 0. The van der Waals surface area contributed by atoms with E-state index < -0.39 is 29.2 Å². The van der Waals surface area contributed by atoms with E-state index in [0.29, 0.717) is 42.9 Å². The molecule has 1 aliphatic heterocycles. The molecular formula is C28H36ClN3O5. The van der Waals surface area contributed by atoms with Crippen LogP contribution in [0.1, 0.15) is 57.2 Å². The minimum Gasteiger partial charge on any atom is -0.444 e. The highest BCUT2D eigenvalue weighted by atomic mass is 35.5. The Bertz CT molecular complexity index is 1110. The molecule has 8 nitrogen and oxygen atoms in total. The third-order valence-electron chi connectivity index (χ3n) is 6.25. The average Bonchev–Trinajstić information content (AvgIpc) is 3.32. The van der Waals surface area contributed by atoms with Crippen LogP contribution in [0.15, 0.2) is 48.5 Å². The van der Waals surface area contributed by atoms with Crippen molar-refractivity contribution in [2.24, 2.45) is 0 Å². The summed E-state index contributed by atoms with van der Waals surface area (Å²) in [4.78, 5) is 39.8. The molecule has 1 fully saturated rings. The number of alkyl carbamates (subject to hydrolysis) is 1. The number of carbonyl (C=O) groups excluding carboxylic acids is 3. The second-order valence-electron chi connectivity index (χ2n) is 10.4. The number of likely N-dealkylation sites (tertiary alicyclic amines) is 1. The van der Waals surface area contributed by atoms with Crippen LogP contribution >= 0.6 is 11.6 Å². The van der Waals surface area contributed by atoms with Gasteiger partial charge in [-0.15, -0.1) is 0 Å². The second-order valence-corrected chi connectivity index (χ2v) is 10.8. The van der Waals surface area contributed by atoms with E-state index in [4.69, 9.17) is 16.3 Å². The van der Waals surface area contributed by atoms with Crippen LogP contribution in [0, 0.1) is 0 Å². The van der Waals surface area contributed by atoms with Crippen molar-refractivity contribution in [2.75, 3.05) is 13.1 Å². The number of rotatable bonds is 8.